The van der Waals surface area contributed by atoms with Gasteiger partial charge in [-0.1, -0.05) is 0 Å². The van der Waals surface area contributed by atoms with Gasteiger partial charge < -0.3 is 10.7 Å². The highest BCUT2D eigenvalue weighted by molar-refractivity contribution is 9.10. The number of aryl methyl sites for hydroxylation is 1. The van der Waals surface area contributed by atoms with Gasteiger partial charge in [-0.2, -0.15) is 0 Å². The monoisotopic (exact) mass is 297 g/mol. The molecule has 1 aromatic carbocycles. The molecule has 0 fully saturated rings. The number of fused-ring (bicyclic) bond motifs is 1. The summed E-state index contributed by atoms with van der Waals surface area (Å²) in [5.74, 6) is -0.310. The van der Waals surface area contributed by atoms with Gasteiger partial charge >= 0.3 is 0 Å². The van der Waals surface area contributed by atoms with Gasteiger partial charge in [-0.05, 0) is 46.5 Å². The predicted octanol–water partition coefficient (Wildman–Crippen LogP) is 2.36. The molecular formula is C12H11BrFN2O. The summed E-state index contributed by atoms with van der Waals surface area (Å²) in [6.45, 7) is 1.81. The van der Waals surface area contributed by atoms with Gasteiger partial charge in [0.05, 0.1) is 11.6 Å². The van der Waals surface area contributed by atoms with Crippen LogP contribution in [0.1, 0.15) is 11.1 Å². The molecule has 1 atom stereocenters. The molecule has 5 heteroatoms. The van der Waals surface area contributed by atoms with Crippen LogP contribution in [0.25, 0.3) is 10.9 Å². The molecule has 3 nitrogen and oxygen atoms in total. The van der Waals surface area contributed by atoms with Crippen molar-refractivity contribution in [3.8, 4) is 0 Å². The van der Waals surface area contributed by atoms with E-state index in [0.717, 1.165) is 21.0 Å². The van der Waals surface area contributed by atoms with Gasteiger partial charge in [-0.15, -0.1) is 0 Å². The van der Waals surface area contributed by atoms with E-state index >= 15 is 0 Å². The maximum atomic E-state index is 13.7. The third-order valence-electron chi connectivity index (χ3n) is 2.70. The number of aromatic amines is 1. The Morgan fingerprint density at radius 3 is 3.00 bits per heavy atom. The molecule has 0 spiro atoms. The zero-order valence-corrected chi connectivity index (χ0v) is 10.8. The number of hydrogen-bond acceptors (Lipinski definition) is 2. The van der Waals surface area contributed by atoms with Crippen molar-refractivity contribution in [1.29, 1.82) is 0 Å². The van der Waals surface area contributed by atoms with Crippen molar-refractivity contribution in [2.24, 2.45) is 5.73 Å². The minimum atomic E-state index is -0.690. The van der Waals surface area contributed by atoms with E-state index in [4.69, 9.17) is 5.73 Å². The van der Waals surface area contributed by atoms with Crippen LogP contribution in [0.15, 0.2) is 16.7 Å². The minimum absolute atomic E-state index is 0.310. The first kappa shape index (κ1) is 12.3. The van der Waals surface area contributed by atoms with Crippen molar-refractivity contribution in [3.63, 3.8) is 0 Å². The Balaban J connectivity index is 2.62. The lowest BCUT2D eigenvalue weighted by Gasteiger charge is -2.06. The molecule has 2 rings (SSSR count). The second-order valence-electron chi connectivity index (χ2n) is 3.98. The van der Waals surface area contributed by atoms with Crippen molar-refractivity contribution < 1.29 is 9.18 Å². The van der Waals surface area contributed by atoms with Crippen molar-refractivity contribution in [2.45, 2.75) is 19.4 Å². The Hall–Kier alpha value is -1.20. The first-order valence-corrected chi connectivity index (χ1v) is 5.91. The summed E-state index contributed by atoms with van der Waals surface area (Å²) >= 11 is 3.43. The van der Waals surface area contributed by atoms with Gasteiger partial charge in [0.25, 0.3) is 0 Å². The van der Waals surface area contributed by atoms with E-state index in [0.29, 0.717) is 11.9 Å². The lowest BCUT2D eigenvalue weighted by atomic mass is 10.0. The number of hydrogen-bond donors (Lipinski definition) is 2. The maximum absolute atomic E-state index is 13.7. The van der Waals surface area contributed by atoms with Gasteiger partial charge in [-0.25, -0.2) is 4.39 Å². The van der Waals surface area contributed by atoms with Crippen molar-refractivity contribution >= 4 is 33.1 Å². The summed E-state index contributed by atoms with van der Waals surface area (Å²) in [4.78, 5) is 13.3. The van der Waals surface area contributed by atoms with Crippen LogP contribution in [0.3, 0.4) is 0 Å². The molecule has 0 aliphatic heterocycles. The Kier molecular flexibility index (Phi) is 3.31. The van der Waals surface area contributed by atoms with Crippen LogP contribution in [0.2, 0.25) is 0 Å². The molecule has 1 radical (unpaired) electrons. The smallest absolute Gasteiger partial charge is 0.217 e. The van der Waals surface area contributed by atoms with Gasteiger partial charge in [0.2, 0.25) is 6.29 Å². The topological polar surface area (TPSA) is 58.9 Å². The molecule has 1 aromatic heterocycles. The normalized spacial score (nSPS) is 12.9. The molecular weight excluding hydrogens is 287 g/mol. The van der Waals surface area contributed by atoms with Gasteiger partial charge in [0.1, 0.15) is 5.82 Å². The molecule has 0 unspecified atom stereocenters. The fourth-order valence-electron chi connectivity index (χ4n) is 1.87. The quantitative estimate of drug-likeness (QED) is 0.914. The Labute approximate surface area is 106 Å². The van der Waals surface area contributed by atoms with Gasteiger partial charge in [0, 0.05) is 16.1 Å². The molecule has 2 aromatic rings. The van der Waals surface area contributed by atoms with E-state index in [-0.39, 0.29) is 5.82 Å². The summed E-state index contributed by atoms with van der Waals surface area (Å²) < 4.78 is 14.5. The molecule has 3 N–H and O–H groups in total. The number of H-pyrrole nitrogens is 1. The van der Waals surface area contributed by atoms with Crippen LogP contribution < -0.4 is 5.73 Å². The zero-order chi connectivity index (χ0) is 12.6. The van der Waals surface area contributed by atoms with Crippen LogP contribution in [-0.2, 0) is 11.2 Å². The number of benzene rings is 1. The summed E-state index contributed by atoms with van der Waals surface area (Å²) in [6, 6.07) is 0.767. The largest absolute Gasteiger partial charge is 0.358 e. The highest BCUT2D eigenvalue weighted by atomic mass is 79.9. The SMILES string of the molecule is Cc1cc(F)c2[nH]cc(C[C@H](N)[C]=O)c2c1Br. The van der Waals surface area contributed by atoms with E-state index in [1.165, 1.54) is 6.07 Å². The van der Waals surface area contributed by atoms with Crippen LogP contribution in [0, 0.1) is 12.7 Å². The van der Waals surface area contributed by atoms with E-state index in [2.05, 4.69) is 20.9 Å². The molecule has 0 aliphatic carbocycles. The van der Waals surface area contributed by atoms with Crippen molar-refractivity contribution in [3.05, 3.63) is 33.7 Å². The molecule has 1 heterocycles. The van der Waals surface area contributed by atoms with Crippen molar-refractivity contribution in [1.82, 2.24) is 4.98 Å². The molecule has 17 heavy (non-hydrogen) atoms. The van der Waals surface area contributed by atoms with Crippen LogP contribution in [0.4, 0.5) is 4.39 Å². The summed E-state index contributed by atoms with van der Waals surface area (Å²) in [7, 11) is 0. The third kappa shape index (κ3) is 2.12. The fraction of sp³-hybridized carbons (Fsp3) is 0.250. The summed E-state index contributed by atoms with van der Waals surface area (Å²) in [5, 5.41) is 0.744. The Morgan fingerprint density at radius 1 is 1.65 bits per heavy atom. The zero-order valence-electron chi connectivity index (χ0n) is 9.18. The summed E-state index contributed by atoms with van der Waals surface area (Å²) in [5.41, 5.74) is 7.58. The molecule has 0 aliphatic rings. The van der Waals surface area contributed by atoms with Crippen LogP contribution in [0.5, 0.6) is 0 Å². The van der Waals surface area contributed by atoms with Crippen LogP contribution >= 0.6 is 15.9 Å². The molecule has 0 bridgehead atoms. The number of rotatable bonds is 3. The standard InChI is InChI=1S/C12H11BrFN2O/c1-6-2-9(14)12-10(11(6)13)7(4-16-12)3-8(15)5-17/h2,4,8,16H,3,15H2,1H3/t8-/m0/s1. The highest BCUT2D eigenvalue weighted by Gasteiger charge is 2.15. The third-order valence-corrected chi connectivity index (χ3v) is 3.72. The van der Waals surface area contributed by atoms with Gasteiger partial charge in [-0.3, -0.25) is 4.79 Å². The molecule has 89 valence electrons. The van der Waals surface area contributed by atoms with E-state index in [1.54, 1.807) is 12.5 Å². The van der Waals surface area contributed by atoms with E-state index in [1.807, 2.05) is 6.92 Å². The van der Waals surface area contributed by atoms with Crippen molar-refractivity contribution in [2.75, 3.05) is 0 Å². The molecule has 0 saturated heterocycles. The Morgan fingerprint density at radius 2 is 2.35 bits per heavy atom. The second-order valence-corrected chi connectivity index (χ2v) is 4.77. The first-order valence-electron chi connectivity index (χ1n) is 5.12. The van der Waals surface area contributed by atoms with Crippen LogP contribution in [-0.4, -0.2) is 17.3 Å². The maximum Gasteiger partial charge on any atom is 0.217 e. The fourth-order valence-corrected chi connectivity index (χ4v) is 2.43. The predicted molar refractivity (Wildman–Crippen MR) is 68.1 cm³/mol. The Bertz CT molecular complexity index is 579. The number of aromatic nitrogens is 1. The number of halogens is 2. The molecule has 0 saturated carbocycles. The first-order chi connectivity index (χ1) is 8.04. The highest BCUT2D eigenvalue weighted by Crippen LogP contribution is 2.32. The average Bonchev–Trinajstić information content (AvgIpc) is 2.70. The number of carbonyl (C=O) groups excluding carboxylic acids is 1. The molecule has 0 amide bonds. The number of nitrogens with one attached hydrogen (secondary N) is 1. The van der Waals surface area contributed by atoms with E-state index in [9.17, 15) is 9.18 Å². The lowest BCUT2D eigenvalue weighted by molar-refractivity contribution is 0.541. The van der Waals surface area contributed by atoms with E-state index < -0.39 is 6.04 Å². The number of nitrogens with two attached hydrogens (primary N) is 1. The summed E-state index contributed by atoms with van der Waals surface area (Å²) in [6.07, 6.45) is 3.74. The second kappa shape index (κ2) is 4.58. The van der Waals surface area contributed by atoms with Gasteiger partial charge in [0.15, 0.2) is 0 Å². The average molecular weight is 298 g/mol. The minimum Gasteiger partial charge on any atom is -0.358 e. The lowest BCUT2D eigenvalue weighted by Crippen LogP contribution is -2.23.